The molecule has 1 heterocycles. The molecule has 1 aromatic rings. The first-order valence-electron chi connectivity index (χ1n) is 7.02. The molecular weight excluding hydrogens is 236 g/mol. The van der Waals surface area contributed by atoms with E-state index in [4.69, 9.17) is 5.73 Å². The van der Waals surface area contributed by atoms with E-state index < -0.39 is 5.60 Å². The summed E-state index contributed by atoms with van der Waals surface area (Å²) in [6.45, 7) is 9.00. The second kappa shape index (κ2) is 4.48. The molecule has 0 atom stereocenters. The van der Waals surface area contributed by atoms with Crippen LogP contribution in [0.4, 0.5) is 5.82 Å². The Morgan fingerprint density at radius 2 is 1.74 bits per heavy atom. The predicted octanol–water partition coefficient (Wildman–Crippen LogP) is 3.17. The number of nitrogens with zero attached hydrogens (tertiary/aromatic N) is 1. The van der Waals surface area contributed by atoms with Crippen molar-refractivity contribution in [3.63, 3.8) is 0 Å². The van der Waals surface area contributed by atoms with E-state index in [1.807, 2.05) is 12.1 Å². The standard InChI is InChI=1S/C16H26N2O/c1-14(2)9-15(3,4)11-16(19,10-14)8-12-5-6-18-13(17)7-12/h5-7,19H,8-11H2,1-4H3,(H2,17,18). The summed E-state index contributed by atoms with van der Waals surface area (Å²) in [5.74, 6) is 0.524. The number of aliphatic hydroxyl groups is 1. The average Bonchev–Trinajstić information content (AvgIpc) is 2.09. The number of rotatable bonds is 2. The fraction of sp³-hybridized carbons (Fsp3) is 0.688. The highest BCUT2D eigenvalue weighted by Crippen LogP contribution is 2.50. The average molecular weight is 262 g/mol. The van der Waals surface area contributed by atoms with Gasteiger partial charge in [-0.15, -0.1) is 0 Å². The minimum Gasteiger partial charge on any atom is -0.390 e. The van der Waals surface area contributed by atoms with Crippen LogP contribution in [0.2, 0.25) is 0 Å². The maximum Gasteiger partial charge on any atom is 0.123 e. The smallest absolute Gasteiger partial charge is 0.123 e. The van der Waals surface area contributed by atoms with Gasteiger partial charge in [-0.25, -0.2) is 4.98 Å². The van der Waals surface area contributed by atoms with Crippen LogP contribution in [0.3, 0.4) is 0 Å². The van der Waals surface area contributed by atoms with E-state index in [0.717, 1.165) is 24.8 Å². The van der Waals surface area contributed by atoms with Gasteiger partial charge < -0.3 is 10.8 Å². The molecule has 3 nitrogen and oxygen atoms in total. The number of hydrogen-bond acceptors (Lipinski definition) is 3. The summed E-state index contributed by atoms with van der Waals surface area (Å²) in [5.41, 5.74) is 6.50. The molecule has 1 aliphatic rings. The third kappa shape index (κ3) is 3.69. The first-order chi connectivity index (χ1) is 8.59. The van der Waals surface area contributed by atoms with Gasteiger partial charge in [0.1, 0.15) is 5.82 Å². The van der Waals surface area contributed by atoms with Crippen LogP contribution in [0.1, 0.15) is 52.5 Å². The van der Waals surface area contributed by atoms with Crippen molar-refractivity contribution in [1.82, 2.24) is 4.98 Å². The Hall–Kier alpha value is -1.09. The first-order valence-corrected chi connectivity index (χ1v) is 7.02. The van der Waals surface area contributed by atoms with E-state index in [9.17, 15) is 5.11 Å². The highest BCUT2D eigenvalue weighted by Gasteiger charge is 2.46. The summed E-state index contributed by atoms with van der Waals surface area (Å²) in [7, 11) is 0. The second-order valence-electron chi connectivity index (χ2n) is 7.85. The summed E-state index contributed by atoms with van der Waals surface area (Å²) in [4.78, 5) is 4.01. The van der Waals surface area contributed by atoms with Crippen LogP contribution in [-0.4, -0.2) is 15.7 Å². The van der Waals surface area contributed by atoms with Crippen LogP contribution in [-0.2, 0) is 6.42 Å². The minimum absolute atomic E-state index is 0.176. The van der Waals surface area contributed by atoms with Crippen molar-refractivity contribution in [3.8, 4) is 0 Å². The van der Waals surface area contributed by atoms with Gasteiger partial charge in [0.05, 0.1) is 5.60 Å². The van der Waals surface area contributed by atoms with Gasteiger partial charge in [-0.05, 0) is 47.8 Å². The Morgan fingerprint density at radius 1 is 1.16 bits per heavy atom. The molecule has 3 heteroatoms. The molecular formula is C16H26N2O. The maximum atomic E-state index is 11.0. The van der Waals surface area contributed by atoms with Gasteiger partial charge in [0.25, 0.3) is 0 Å². The number of anilines is 1. The van der Waals surface area contributed by atoms with Crippen molar-refractivity contribution in [2.75, 3.05) is 5.73 Å². The fourth-order valence-electron chi connectivity index (χ4n) is 4.37. The van der Waals surface area contributed by atoms with Crippen molar-refractivity contribution in [2.24, 2.45) is 10.8 Å². The summed E-state index contributed by atoms with van der Waals surface area (Å²) in [5, 5.41) is 11.0. The zero-order chi connectivity index (χ0) is 14.3. The molecule has 0 bridgehead atoms. The van der Waals surface area contributed by atoms with Crippen molar-refractivity contribution in [2.45, 2.75) is 59.0 Å². The molecule has 0 saturated heterocycles. The lowest BCUT2D eigenvalue weighted by Crippen LogP contribution is -2.47. The van der Waals surface area contributed by atoms with Crippen molar-refractivity contribution in [1.29, 1.82) is 0 Å². The van der Waals surface area contributed by atoms with E-state index in [1.165, 1.54) is 0 Å². The molecule has 0 aliphatic heterocycles. The number of hydrogen-bond donors (Lipinski definition) is 2. The van der Waals surface area contributed by atoms with Crippen LogP contribution in [0.5, 0.6) is 0 Å². The first kappa shape index (κ1) is 14.3. The summed E-state index contributed by atoms with van der Waals surface area (Å²) in [6.07, 6.45) is 5.21. The van der Waals surface area contributed by atoms with Crippen molar-refractivity contribution >= 4 is 5.82 Å². The van der Waals surface area contributed by atoms with Crippen LogP contribution in [0.15, 0.2) is 18.3 Å². The largest absolute Gasteiger partial charge is 0.390 e. The summed E-state index contributed by atoms with van der Waals surface area (Å²) >= 11 is 0. The van der Waals surface area contributed by atoms with Crippen LogP contribution < -0.4 is 5.73 Å². The Balaban J connectivity index is 2.22. The maximum absolute atomic E-state index is 11.0. The van der Waals surface area contributed by atoms with Crippen LogP contribution in [0.25, 0.3) is 0 Å². The van der Waals surface area contributed by atoms with Gasteiger partial charge >= 0.3 is 0 Å². The Kier molecular flexibility index (Phi) is 3.38. The zero-order valence-electron chi connectivity index (χ0n) is 12.5. The molecule has 1 fully saturated rings. The van der Waals surface area contributed by atoms with Crippen LogP contribution >= 0.6 is 0 Å². The molecule has 1 aromatic heterocycles. The summed E-state index contributed by atoms with van der Waals surface area (Å²) in [6, 6.07) is 3.81. The second-order valence-corrected chi connectivity index (χ2v) is 7.85. The summed E-state index contributed by atoms with van der Waals surface area (Å²) < 4.78 is 0. The van der Waals surface area contributed by atoms with Crippen molar-refractivity contribution < 1.29 is 5.11 Å². The topological polar surface area (TPSA) is 59.1 Å². The normalized spacial score (nSPS) is 24.1. The fourth-order valence-corrected chi connectivity index (χ4v) is 4.37. The Bertz CT molecular complexity index is 450. The van der Waals surface area contributed by atoms with E-state index in [0.29, 0.717) is 12.2 Å². The molecule has 0 radical (unpaired) electrons. The molecule has 106 valence electrons. The van der Waals surface area contributed by atoms with Gasteiger partial charge in [0.2, 0.25) is 0 Å². The Labute approximate surface area is 116 Å². The number of nitrogens with two attached hydrogens (primary N) is 1. The van der Waals surface area contributed by atoms with Crippen LogP contribution in [0, 0.1) is 10.8 Å². The number of aromatic nitrogens is 1. The lowest BCUT2D eigenvalue weighted by molar-refractivity contribution is -0.0850. The lowest BCUT2D eigenvalue weighted by atomic mass is 9.58. The van der Waals surface area contributed by atoms with E-state index in [-0.39, 0.29) is 10.8 Å². The van der Waals surface area contributed by atoms with Crippen molar-refractivity contribution in [3.05, 3.63) is 23.9 Å². The highest BCUT2D eigenvalue weighted by molar-refractivity contribution is 5.32. The number of pyridine rings is 1. The molecule has 0 unspecified atom stereocenters. The Morgan fingerprint density at radius 3 is 2.26 bits per heavy atom. The molecule has 3 N–H and O–H groups in total. The highest BCUT2D eigenvalue weighted by atomic mass is 16.3. The van der Waals surface area contributed by atoms with E-state index >= 15 is 0 Å². The predicted molar refractivity (Wildman–Crippen MR) is 78.7 cm³/mol. The lowest BCUT2D eigenvalue weighted by Gasteiger charge is -2.49. The number of nitrogen functional groups attached to an aromatic ring is 1. The quantitative estimate of drug-likeness (QED) is 0.860. The van der Waals surface area contributed by atoms with Gasteiger partial charge in [-0.1, -0.05) is 27.7 Å². The molecule has 0 amide bonds. The zero-order valence-corrected chi connectivity index (χ0v) is 12.5. The van der Waals surface area contributed by atoms with Gasteiger partial charge in [0, 0.05) is 12.6 Å². The van der Waals surface area contributed by atoms with Gasteiger partial charge in [0.15, 0.2) is 0 Å². The third-order valence-corrected chi connectivity index (χ3v) is 3.95. The van der Waals surface area contributed by atoms with E-state index in [1.54, 1.807) is 6.20 Å². The van der Waals surface area contributed by atoms with Gasteiger partial charge in [-0.2, -0.15) is 0 Å². The van der Waals surface area contributed by atoms with E-state index in [2.05, 4.69) is 32.7 Å². The molecule has 19 heavy (non-hydrogen) atoms. The van der Waals surface area contributed by atoms with Gasteiger partial charge in [-0.3, -0.25) is 0 Å². The monoisotopic (exact) mass is 262 g/mol. The molecule has 2 rings (SSSR count). The molecule has 1 saturated carbocycles. The molecule has 0 aromatic carbocycles. The SMILES string of the molecule is CC1(C)CC(C)(C)CC(O)(Cc2ccnc(N)c2)C1. The molecule has 0 spiro atoms. The minimum atomic E-state index is -0.640. The molecule has 1 aliphatic carbocycles. The third-order valence-electron chi connectivity index (χ3n) is 3.95.